The van der Waals surface area contributed by atoms with Crippen molar-refractivity contribution in [2.24, 2.45) is 16.6 Å². The molecule has 9 heteroatoms. The molecule has 1 aromatic carbocycles. The van der Waals surface area contributed by atoms with Gasteiger partial charge >= 0.3 is 0 Å². The van der Waals surface area contributed by atoms with Crippen molar-refractivity contribution in [1.29, 1.82) is 0 Å². The molecule has 1 aliphatic carbocycles. The van der Waals surface area contributed by atoms with Gasteiger partial charge in [0.2, 0.25) is 5.91 Å². The van der Waals surface area contributed by atoms with Gasteiger partial charge in [0.25, 0.3) is 5.91 Å². The monoisotopic (exact) mass is 529 g/mol. The van der Waals surface area contributed by atoms with Crippen molar-refractivity contribution in [3.8, 4) is 0 Å². The third kappa shape index (κ3) is 6.84. The van der Waals surface area contributed by atoms with Crippen molar-refractivity contribution < 1.29 is 9.59 Å². The van der Waals surface area contributed by atoms with Crippen molar-refractivity contribution >= 4 is 34.9 Å². The van der Waals surface area contributed by atoms with Gasteiger partial charge in [-0.1, -0.05) is 6.08 Å². The second-order valence-electron chi connectivity index (χ2n) is 11.0. The number of aliphatic imine (C=N–C) groups is 1. The van der Waals surface area contributed by atoms with Crippen LogP contribution in [0.2, 0.25) is 0 Å². The van der Waals surface area contributed by atoms with Crippen molar-refractivity contribution in [2.45, 2.75) is 44.6 Å². The molecule has 2 aliphatic heterocycles. The van der Waals surface area contributed by atoms with Gasteiger partial charge in [0.15, 0.2) is 11.8 Å². The number of hydrogen-bond acceptors (Lipinski definition) is 5. The number of benzene rings is 1. The van der Waals surface area contributed by atoms with E-state index in [1.807, 2.05) is 53.2 Å². The van der Waals surface area contributed by atoms with Crippen LogP contribution >= 0.6 is 0 Å². The number of pyridine rings is 1. The number of anilines is 1. The molecule has 0 atom stereocenters. The van der Waals surface area contributed by atoms with E-state index in [0.29, 0.717) is 36.8 Å². The fraction of sp³-hybridized carbons (Fsp3) is 0.467. The van der Waals surface area contributed by atoms with E-state index >= 15 is 0 Å². The van der Waals surface area contributed by atoms with Gasteiger partial charge in [-0.25, -0.2) is 4.98 Å². The Bertz CT molecular complexity index is 1240. The number of rotatable bonds is 7. The van der Waals surface area contributed by atoms with Gasteiger partial charge in [0, 0.05) is 55.6 Å². The highest BCUT2D eigenvalue weighted by Crippen LogP contribution is 2.34. The van der Waals surface area contributed by atoms with Crippen LogP contribution in [0.1, 0.15) is 54.4 Å². The van der Waals surface area contributed by atoms with E-state index in [4.69, 9.17) is 5.73 Å². The highest BCUT2D eigenvalue weighted by Gasteiger charge is 2.28. The van der Waals surface area contributed by atoms with E-state index in [0.717, 1.165) is 49.2 Å². The summed E-state index contributed by atoms with van der Waals surface area (Å²) in [5.41, 5.74) is 9.70. The Morgan fingerprint density at radius 3 is 2.51 bits per heavy atom. The van der Waals surface area contributed by atoms with Gasteiger partial charge in [-0.3, -0.25) is 9.59 Å². The Morgan fingerprint density at radius 1 is 1.10 bits per heavy atom. The van der Waals surface area contributed by atoms with E-state index in [9.17, 15) is 9.59 Å². The number of guanidine groups is 1. The number of hydrogen-bond donors (Lipinski definition) is 2. The van der Waals surface area contributed by atoms with Gasteiger partial charge in [0.1, 0.15) is 0 Å². The highest BCUT2D eigenvalue weighted by molar-refractivity contribution is 5.97. The number of nitrogens with zero attached hydrogens (tertiary/aromatic N) is 5. The van der Waals surface area contributed by atoms with Gasteiger partial charge < -0.3 is 25.8 Å². The lowest BCUT2D eigenvalue weighted by Gasteiger charge is -2.35. The summed E-state index contributed by atoms with van der Waals surface area (Å²) in [7, 11) is 4.01. The number of amides is 2. The molecule has 1 saturated carbocycles. The molecule has 3 aliphatic rings. The molecule has 206 valence electrons. The Morgan fingerprint density at radius 2 is 1.85 bits per heavy atom. The number of nitrogens with one attached hydrogen (secondary N) is 1. The molecule has 5 rings (SSSR count). The van der Waals surface area contributed by atoms with E-state index in [1.54, 1.807) is 6.20 Å². The Hall–Kier alpha value is -3.72. The quantitative estimate of drug-likeness (QED) is 0.418. The number of carbonyl (C=O) groups excluding carboxylic acids is 2. The molecular weight excluding hydrogens is 490 g/mol. The fourth-order valence-corrected chi connectivity index (χ4v) is 5.31. The zero-order valence-electron chi connectivity index (χ0n) is 23.0. The molecule has 1 aromatic heterocycles. The zero-order valence-corrected chi connectivity index (χ0v) is 23.0. The third-order valence-corrected chi connectivity index (χ3v) is 8.04. The Balaban J connectivity index is 1.21. The van der Waals surface area contributed by atoms with Crippen LogP contribution in [-0.4, -0.2) is 83.8 Å². The van der Waals surface area contributed by atoms with Crippen molar-refractivity contribution in [1.82, 2.24) is 19.7 Å². The van der Waals surface area contributed by atoms with Gasteiger partial charge in [-0.15, -0.1) is 0 Å². The summed E-state index contributed by atoms with van der Waals surface area (Å²) < 4.78 is 0. The maximum atomic E-state index is 13.0. The summed E-state index contributed by atoms with van der Waals surface area (Å²) in [5, 5.41) is 3.12. The minimum absolute atomic E-state index is 0.0319. The number of aromatic nitrogens is 1. The summed E-state index contributed by atoms with van der Waals surface area (Å²) in [6.07, 6.45) is 9.61. The first-order valence-electron chi connectivity index (χ1n) is 14.0. The molecule has 2 fully saturated rings. The normalized spacial score (nSPS) is 19.0. The van der Waals surface area contributed by atoms with Crippen LogP contribution in [0.3, 0.4) is 0 Å². The minimum Gasteiger partial charge on any atom is -0.369 e. The van der Waals surface area contributed by atoms with Crippen molar-refractivity contribution in [3.05, 3.63) is 59.8 Å². The maximum Gasteiger partial charge on any atom is 0.253 e. The molecule has 3 N–H and O–H groups in total. The summed E-state index contributed by atoms with van der Waals surface area (Å²) in [5.74, 6) is 1.64. The van der Waals surface area contributed by atoms with Crippen LogP contribution in [0.5, 0.6) is 0 Å². The van der Waals surface area contributed by atoms with Crippen LogP contribution in [0.25, 0.3) is 5.57 Å². The van der Waals surface area contributed by atoms with Gasteiger partial charge in [-0.05, 0) is 100 Å². The van der Waals surface area contributed by atoms with E-state index in [-0.39, 0.29) is 23.8 Å². The maximum absolute atomic E-state index is 13.0. The second-order valence-corrected chi connectivity index (χ2v) is 11.0. The number of carbonyl (C=O) groups is 2. The molecule has 3 heterocycles. The topological polar surface area (TPSA) is 107 Å². The first-order valence-corrected chi connectivity index (χ1v) is 14.0. The lowest BCUT2D eigenvalue weighted by atomic mass is 9.99. The summed E-state index contributed by atoms with van der Waals surface area (Å²) >= 11 is 0. The molecule has 2 amide bonds. The fourth-order valence-electron chi connectivity index (χ4n) is 5.31. The van der Waals surface area contributed by atoms with Crippen molar-refractivity contribution in [3.63, 3.8) is 0 Å². The Labute approximate surface area is 230 Å². The number of likely N-dealkylation sites (tertiary alicyclic amines) is 1. The molecule has 9 nitrogen and oxygen atoms in total. The molecule has 0 radical (unpaired) electrons. The third-order valence-electron chi connectivity index (χ3n) is 8.04. The minimum atomic E-state index is 0.0319. The average Bonchev–Trinajstić information content (AvgIpc) is 3.77. The molecular formula is C30H39N7O2. The van der Waals surface area contributed by atoms with Crippen LogP contribution < -0.4 is 11.1 Å². The molecule has 0 unspecified atom stereocenters. The summed E-state index contributed by atoms with van der Waals surface area (Å²) in [6, 6.07) is 11.5. The van der Waals surface area contributed by atoms with E-state index in [1.165, 1.54) is 12.8 Å². The highest BCUT2D eigenvalue weighted by atomic mass is 16.2. The van der Waals surface area contributed by atoms with Gasteiger partial charge in [-0.2, -0.15) is 4.99 Å². The molecule has 1 saturated heterocycles. The number of nitrogens with two attached hydrogens (primary N) is 1. The van der Waals surface area contributed by atoms with Crippen LogP contribution in [0, 0.1) is 5.92 Å². The van der Waals surface area contributed by atoms with E-state index < -0.39 is 0 Å². The summed E-state index contributed by atoms with van der Waals surface area (Å²) in [4.78, 5) is 40.6. The Kier molecular flexibility index (Phi) is 8.26. The van der Waals surface area contributed by atoms with Crippen LogP contribution in [-0.2, 0) is 4.79 Å². The van der Waals surface area contributed by atoms with Gasteiger partial charge in [0.05, 0.1) is 0 Å². The van der Waals surface area contributed by atoms with Crippen molar-refractivity contribution in [2.75, 3.05) is 45.6 Å². The zero-order chi connectivity index (χ0) is 27.4. The molecule has 2 aromatic rings. The van der Waals surface area contributed by atoms with Crippen LogP contribution in [0.15, 0.2) is 53.7 Å². The summed E-state index contributed by atoms with van der Waals surface area (Å²) in [6.45, 7) is 3.35. The standard InChI is InChI=1S/C30H39N7O2/c1-35-16-13-25(14-17-35)36(2)29(39)23-7-9-24(10-8-23)33-30(31)34-28-26(4-3-15-32-28)22-11-18-37(19-12-22)27(38)20-21-5-6-21/h3-4,7-11,15,21,25H,5-6,12-14,16-20H2,1-2H3,(H3,31,32,33,34). The molecule has 0 spiro atoms. The predicted octanol–water partition coefficient (Wildman–Crippen LogP) is 3.72. The largest absolute Gasteiger partial charge is 0.369 e. The number of piperidine rings is 1. The first kappa shape index (κ1) is 26.9. The SMILES string of the molecule is CN1CCC(N(C)C(=O)c2ccc(N/C(N)=N/c3ncccc3C3=CCN(C(=O)CC4CC4)CC3)cc2)CC1. The van der Waals surface area contributed by atoms with Crippen LogP contribution in [0.4, 0.5) is 11.5 Å². The smallest absolute Gasteiger partial charge is 0.253 e. The predicted molar refractivity (Wildman–Crippen MR) is 155 cm³/mol. The molecule has 39 heavy (non-hydrogen) atoms. The second kappa shape index (κ2) is 12.0. The van der Waals surface area contributed by atoms with E-state index in [2.05, 4.69) is 33.3 Å². The lowest BCUT2D eigenvalue weighted by Crippen LogP contribution is -2.44. The average molecular weight is 530 g/mol. The first-order chi connectivity index (χ1) is 18.9. The lowest BCUT2D eigenvalue weighted by molar-refractivity contribution is -0.131. The molecule has 0 bridgehead atoms.